The molecule has 0 aliphatic heterocycles. The lowest BCUT2D eigenvalue weighted by Gasteiger charge is -2.14. The van der Waals surface area contributed by atoms with E-state index < -0.39 is 34.5 Å². The molecule has 13 heteroatoms. The van der Waals surface area contributed by atoms with Gasteiger partial charge in [-0.3, -0.25) is 4.79 Å². The Hall–Kier alpha value is -3.04. The zero-order valence-electron chi connectivity index (χ0n) is 13.9. The Morgan fingerprint density at radius 1 is 1.39 bits per heavy atom. The van der Waals surface area contributed by atoms with Crippen molar-refractivity contribution < 1.29 is 18.0 Å². The molecule has 144 valence electrons. The van der Waals surface area contributed by atoms with Crippen LogP contribution in [0.3, 0.4) is 0 Å². The molecule has 0 saturated carbocycles. The number of nitrogens with one attached hydrogen (secondary N) is 1. The van der Waals surface area contributed by atoms with Gasteiger partial charge < -0.3 is 5.32 Å². The highest BCUT2D eigenvalue weighted by Crippen LogP contribution is 2.31. The van der Waals surface area contributed by atoms with Gasteiger partial charge in [-0.2, -0.15) is 28.2 Å². The summed E-state index contributed by atoms with van der Waals surface area (Å²) in [7, 11) is 0. The topological polar surface area (TPSA) is 109 Å². The zero-order valence-corrected chi connectivity index (χ0v) is 15.5. The van der Waals surface area contributed by atoms with Crippen molar-refractivity contribution >= 4 is 28.8 Å². The fourth-order valence-electron chi connectivity index (χ4n) is 2.22. The zero-order chi connectivity index (χ0) is 20.5. The maximum atomic E-state index is 12.9. The first-order valence-electron chi connectivity index (χ1n) is 7.51. The number of carbonyl (C=O) groups is 1. The predicted molar refractivity (Wildman–Crippen MR) is 91.9 cm³/mol. The summed E-state index contributed by atoms with van der Waals surface area (Å²) in [6, 6.07) is 2.44. The van der Waals surface area contributed by atoms with Crippen LogP contribution in [-0.2, 0) is 6.18 Å². The summed E-state index contributed by atoms with van der Waals surface area (Å²) < 4.78 is 40.0. The van der Waals surface area contributed by atoms with Crippen molar-refractivity contribution in [2.75, 3.05) is 0 Å². The fraction of sp³-hybridized carbons (Fsp3) is 0.200. The number of carbonyl (C=O) groups excluding carboxylic acids is 1. The lowest BCUT2D eigenvalue weighted by atomic mass is 10.2. The summed E-state index contributed by atoms with van der Waals surface area (Å²) in [5.41, 5.74) is -1.57. The molecule has 0 aliphatic rings. The minimum atomic E-state index is -4.67. The van der Waals surface area contributed by atoms with Crippen molar-refractivity contribution in [1.29, 1.82) is 5.26 Å². The molecule has 8 nitrogen and oxygen atoms in total. The number of hydrogen-bond acceptors (Lipinski definition) is 7. The molecule has 0 fully saturated rings. The van der Waals surface area contributed by atoms with E-state index >= 15 is 0 Å². The van der Waals surface area contributed by atoms with Crippen LogP contribution < -0.4 is 5.32 Å². The lowest BCUT2D eigenvalue weighted by Crippen LogP contribution is -2.29. The third-order valence-electron chi connectivity index (χ3n) is 3.45. The predicted octanol–water partition coefficient (Wildman–Crippen LogP) is 3.15. The standard InChI is InChI=1S/C15H9ClF3N7OS/c1-7(12-22-6-23-26(12)14-21-5-9(4-20)28-14)24-13(27)10-2-8(15(17,18)19)3-11(16)25-10/h2-3,5-7H,1H3,(H,24,27)/t7-/m0/s1. The summed E-state index contributed by atoms with van der Waals surface area (Å²) in [6.07, 6.45) is -2.08. The maximum absolute atomic E-state index is 12.9. The molecule has 28 heavy (non-hydrogen) atoms. The normalized spacial score (nSPS) is 12.4. The SMILES string of the molecule is C[C@H](NC(=O)c1cc(C(F)(F)F)cc(Cl)n1)c1ncnn1-c1ncc(C#N)s1. The number of nitrogens with zero attached hydrogens (tertiary/aromatic N) is 6. The molecule has 3 aromatic rings. The van der Waals surface area contributed by atoms with Gasteiger partial charge in [0, 0.05) is 0 Å². The van der Waals surface area contributed by atoms with E-state index in [9.17, 15) is 18.0 Å². The molecule has 1 amide bonds. The van der Waals surface area contributed by atoms with E-state index in [2.05, 4.69) is 25.4 Å². The minimum Gasteiger partial charge on any atom is -0.341 e. The van der Waals surface area contributed by atoms with Gasteiger partial charge in [-0.15, -0.1) is 0 Å². The minimum absolute atomic E-state index is 0.269. The number of rotatable bonds is 4. The van der Waals surface area contributed by atoms with E-state index in [1.54, 1.807) is 6.92 Å². The molecule has 0 aliphatic carbocycles. The molecular formula is C15H9ClF3N7OS. The largest absolute Gasteiger partial charge is 0.416 e. The first-order valence-corrected chi connectivity index (χ1v) is 8.70. The Morgan fingerprint density at radius 3 is 2.79 bits per heavy atom. The number of amides is 1. The van der Waals surface area contributed by atoms with Gasteiger partial charge in [-0.1, -0.05) is 22.9 Å². The summed E-state index contributed by atoms with van der Waals surface area (Å²) in [6.45, 7) is 1.56. The van der Waals surface area contributed by atoms with Crippen molar-refractivity contribution in [3.63, 3.8) is 0 Å². The average Bonchev–Trinajstić information content (AvgIpc) is 3.29. The van der Waals surface area contributed by atoms with E-state index in [1.165, 1.54) is 17.2 Å². The molecule has 1 atom stereocenters. The molecule has 3 heterocycles. The monoisotopic (exact) mass is 427 g/mol. The maximum Gasteiger partial charge on any atom is 0.416 e. The quantitative estimate of drug-likeness (QED) is 0.640. The number of alkyl halides is 3. The Morgan fingerprint density at radius 2 is 2.14 bits per heavy atom. The molecule has 0 saturated heterocycles. The molecule has 3 aromatic heterocycles. The fourth-order valence-corrected chi connectivity index (χ4v) is 3.11. The van der Waals surface area contributed by atoms with Crippen molar-refractivity contribution in [2.45, 2.75) is 19.1 Å². The van der Waals surface area contributed by atoms with Gasteiger partial charge in [-0.05, 0) is 19.1 Å². The van der Waals surface area contributed by atoms with Crippen LogP contribution in [0.4, 0.5) is 13.2 Å². The Labute approximate surface area is 164 Å². The third-order valence-corrected chi connectivity index (χ3v) is 4.52. The summed E-state index contributed by atoms with van der Waals surface area (Å²) in [5, 5.41) is 15.3. The highest BCUT2D eigenvalue weighted by molar-refractivity contribution is 7.14. The van der Waals surface area contributed by atoms with Crippen LogP contribution in [-0.4, -0.2) is 30.6 Å². The molecule has 0 radical (unpaired) electrons. The van der Waals surface area contributed by atoms with Crippen molar-refractivity contribution in [1.82, 2.24) is 30.0 Å². The smallest absolute Gasteiger partial charge is 0.341 e. The number of thiazole rings is 1. The number of nitriles is 1. The van der Waals surface area contributed by atoms with E-state index in [0.29, 0.717) is 22.1 Å². The lowest BCUT2D eigenvalue weighted by molar-refractivity contribution is -0.137. The van der Waals surface area contributed by atoms with Crippen LogP contribution in [0.1, 0.15) is 39.7 Å². The second-order valence-electron chi connectivity index (χ2n) is 5.41. The van der Waals surface area contributed by atoms with Crippen LogP contribution in [0.5, 0.6) is 0 Å². The summed E-state index contributed by atoms with van der Waals surface area (Å²) in [5.74, 6) is -0.600. The van der Waals surface area contributed by atoms with Crippen LogP contribution in [0.25, 0.3) is 5.13 Å². The Bertz CT molecular complexity index is 1070. The van der Waals surface area contributed by atoms with E-state index in [1.807, 2.05) is 6.07 Å². The van der Waals surface area contributed by atoms with Crippen molar-refractivity contribution in [3.05, 3.63) is 51.8 Å². The van der Waals surface area contributed by atoms with E-state index in [4.69, 9.17) is 16.9 Å². The van der Waals surface area contributed by atoms with Gasteiger partial charge in [0.25, 0.3) is 5.91 Å². The molecule has 1 N–H and O–H groups in total. The van der Waals surface area contributed by atoms with Gasteiger partial charge in [0.1, 0.15) is 28.1 Å². The Balaban J connectivity index is 1.84. The van der Waals surface area contributed by atoms with Crippen LogP contribution in [0, 0.1) is 11.3 Å². The molecular weight excluding hydrogens is 419 g/mol. The number of hydrogen-bond donors (Lipinski definition) is 1. The first kappa shape index (κ1) is 19.7. The van der Waals surface area contributed by atoms with Gasteiger partial charge in [-0.25, -0.2) is 15.0 Å². The highest BCUT2D eigenvalue weighted by Gasteiger charge is 2.32. The summed E-state index contributed by atoms with van der Waals surface area (Å²) in [4.78, 5) is 24.5. The molecule has 3 rings (SSSR count). The number of pyridine rings is 1. The number of halogens is 4. The van der Waals surface area contributed by atoms with Gasteiger partial charge in [0.2, 0.25) is 5.13 Å². The second-order valence-corrected chi connectivity index (χ2v) is 6.80. The van der Waals surface area contributed by atoms with Crippen molar-refractivity contribution in [2.24, 2.45) is 0 Å². The second kappa shape index (κ2) is 7.53. The van der Waals surface area contributed by atoms with Gasteiger partial charge >= 0.3 is 6.18 Å². The third kappa shape index (κ3) is 4.10. The summed E-state index contributed by atoms with van der Waals surface area (Å²) >= 11 is 6.67. The molecule has 0 aromatic carbocycles. The van der Waals surface area contributed by atoms with Crippen LogP contribution >= 0.6 is 22.9 Å². The van der Waals surface area contributed by atoms with Gasteiger partial charge in [0.15, 0.2) is 5.82 Å². The molecule has 0 bridgehead atoms. The van der Waals surface area contributed by atoms with Crippen LogP contribution in [0.2, 0.25) is 5.15 Å². The first-order chi connectivity index (χ1) is 13.2. The molecule has 0 spiro atoms. The van der Waals surface area contributed by atoms with Crippen LogP contribution in [0.15, 0.2) is 24.7 Å². The Kier molecular flexibility index (Phi) is 5.30. The average molecular weight is 428 g/mol. The highest BCUT2D eigenvalue weighted by atomic mass is 35.5. The van der Waals surface area contributed by atoms with E-state index in [-0.39, 0.29) is 5.82 Å². The van der Waals surface area contributed by atoms with E-state index in [0.717, 1.165) is 11.3 Å². The van der Waals surface area contributed by atoms with Gasteiger partial charge in [0.05, 0.1) is 17.8 Å². The van der Waals surface area contributed by atoms with Crippen molar-refractivity contribution in [3.8, 4) is 11.2 Å². The number of aromatic nitrogens is 5. The molecule has 0 unspecified atom stereocenters.